The number of amides is 2. The van der Waals surface area contributed by atoms with E-state index in [0.29, 0.717) is 15.9 Å². The van der Waals surface area contributed by atoms with Gasteiger partial charge in [0.05, 0.1) is 11.9 Å². The number of sulfonamides is 1. The third kappa shape index (κ3) is 6.08. The van der Waals surface area contributed by atoms with Crippen LogP contribution < -0.4 is 9.62 Å². The standard InChI is InChI=1S/C20H21Cl2F2N3O4S/c1-12(20(29)25-2)26(10-14-15(21)5-4-6-16(14)22)19(28)11-27(32(3,30)31)13-7-8-17(23)18(24)9-13/h4-9,12H,10-11H2,1-3H3,(H,25,29)/t12-/m0/s1. The molecule has 0 aliphatic carbocycles. The Bertz CT molecular complexity index is 1110. The second kappa shape index (κ2) is 10.5. The minimum Gasteiger partial charge on any atom is -0.357 e. The lowest BCUT2D eigenvalue weighted by Crippen LogP contribution is -2.50. The lowest BCUT2D eigenvalue weighted by atomic mass is 10.1. The maximum absolute atomic E-state index is 13.7. The normalized spacial score (nSPS) is 12.2. The van der Waals surface area contributed by atoms with Gasteiger partial charge in [-0.05, 0) is 31.2 Å². The summed E-state index contributed by atoms with van der Waals surface area (Å²) >= 11 is 12.4. The Labute approximate surface area is 194 Å². The fourth-order valence-electron chi connectivity index (χ4n) is 2.90. The van der Waals surface area contributed by atoms with Crippen LogP contribution in [0.25, 0.3) is 0 Å². The molecule has 0 heterocycles. The van der Waals surface area contributed by atoms with E-state index in [-0.39, 0.29) is 22.3 Å². The van der Waals surface area contributed by atoms with E-state index in [1.54, 1.807) is 18.2 Å². The van der Waals surface area contributed by atoms with Crippen molar-refractivity contribution in [1.82, 2.24) is 10.2 Å². The van der Waals surface area contributed by atoms with Gasteiger partial charge < -0.3 is 10.2 Å². The summed E-state index contributed by atoms with van der Waals surface area (Å²) in [6.07, 6.45) is 0.818. The average molecular weight is 508 g/mol. The Hall–Kier alpha value is -2.43. The van der Waals surface area contributed by atoms with Crippen LogP contribution in [0.2, 0.25) is 10.0 Å². The molecule has 7 nitrogen and oxygen atoms in total. The highest BCUT2D eigenvalue weighted by Crippen LogP contribution is 2.27. The van der Waals surface area contributed by atoms with Crippen LogP contribution >= 0.6 is 23.2 Å². The van der Waals surface area contributed by atoms with Crippen molar-refractivity contribution in [2.75, 3.05) is 24.2 Å². The van der Waals surface area contributed by atoms with Crippen LogP contribution in [0.15, 0.2) is 36.4 Å². The van der Waals surface area contributed by atoms with E-state index in [1.165, 1.54) is 14.0 Å². The number of carbonyl (C=O) groups is 2. The van der Waals surface area contributed by atoms with Gasteiger partial charge in [-0.15, -0.1) is 0 Å². The number of carbonyl (C=O) groups excluding carboxylic acids is 2. The van der Waals surface area contributed by atoms with Crippen LogP contribution in [0.4, 0.5) is 14.5 Å². The zero-order valence-corrected chi connectivity index (χ0v) is 19.7. The topological polar surface area (TPSA) is 86.8 Å². The van der Waals surface area contributed by atoms with Crippen molar-refractivity contribution < 1.29 is 26.8 Å². The van der Waals surface area contributed by atoms with Crippen LogP contribution in [0.3, 0.4) is 0 Å². The van der Waals surface area contributed by atoms with Gasteiger partial charge in [-0.1, -0.05) is 29.3 Å². The molecule has 0 aliphatic heterocycles. The quantitative estimate of drug-likeness (QED) is 0.594. The molecule has 0 aliphatic rings. The highest BCUT2D eigenvalue weighted by molar-refractivity contribution is 7.92. The number of anilines is 1. The van der Waals surface area contributed by atoms with E-state index in [9.17, 15) is 26.8 Å². The van der Waals surface area contributed by atoms with Crippen molar-refractivity contribution in [1.29, 1.82) is 0 Å². The number of nitrogens with one attached hydrogen (secondary N) is 1. The van der Waals surface area contributed by atoms with Crippen molar-refractivity contribution in [3.63, 3.8) is 0 Å². The van der Waals surface area contributed by atoms with E-state index in [1.807, 2.05) is 0 Å². The fraction of sp³-hybridized carbons (Fsp3) is 0.300. The van der Waals surface area contributed by atoms with Crippen LogP contribution in [0.1, 0.15) is 12.5 Å². The van der Waals surface area contributed by atoms with Crippen molar-refractivity contribution >= 4 is 50.7 Å². The highest BCUT2D eigenvalue weighted by Gasteiger charge is 2.30. The van der Waals surface area contributed by atoms with Gasteiger partial charge in [0.2, 0.25) is 21.8 Å². The number of halogens is 4. The summed E-state index contributed by atoms with van der Waals surface area (Å²) in [5, 5.41) is 2.92. The number of likely N-dealkylation sites (N-methyl/N-ethyl adjacent to an activating group) is 1. The van der Waals surface area contributed by atoms with E-state index >= 15 is 0 Å². The Morgan fingerprint density at radius 2 is 1.69 bits per heavy atom. The third-order valence-electron chi connectivity index (χ3n) is 4.67. The van der Waals surface area contributed by atoms with Crippen molar-refractivity contribution in [3.8, 4) is 0 Å². The van der Waals surface area contributed by atoms with Crippen molar-refractivity contribution in [3.05, 3.63) is 63.6 Å². The molecule has 0 spiro atoms. The molecule has 0 radical (unpaired) electrons. The van der Waals surface area contributed by atoms with Gasteiger partial charge in [0.25, 0.3) is 0 Å². The van der Waals surface area contributed by atoms with Crippen LogP contribution in [0.5, 0.6) is 0 Å². The molecular weight excluding hydrogens is 487 g/mol. The second-order valence-electron chi connectivity index (χ2n) is 6.88. The Kier molecular flexibility index (Phi) is 8.44. The third-order valence-corrected chi connectivity index (χ3v) is 6.52. The summed E-state index contributed by atoms with van der Waals surface area (Å²) in [5.41, 5.74) is 0.113. The first-order valence-corrected chi connectivity index (χ1v) is 11.8. The molecule has 2 rings (SSSR count). The largest absolute Gasteiger partial charge is 0.357 e. The maximum atomic E-state index is 13.7. The number of benzene rings is 2. The molecule has 12 heteroatoms. The summed E-state index contributed by atoms with van der Waals surface area (Å²) in [6, 6.07) is 6.15. The number of hydrogen-bond acceptors (Lipinski definition) is 4. The van der Waals surface area contributed by atoms with Gasteiger partial charge in [0.15, 0.2) is 11.6 Å². The van der Waals surface area contributed by atoms with Gasteiger partial charge in [0.1, 0.15) is 12.6 Å². The molecule has 0 aromatic heterocycles. The van der Waals surface area contributed by atoms with E-state index in [2.05, 4.69) is 5.32 Å². The molecule has 32 heavy (non-hydrogen) atoms. The van der Waals surface area contributed by atoms with Crippen LogP contribution in [-0.4, -0.2) is 51.0 Å². The number of rotatable bonds is 8. The molecule has 2 aromatic carbocycles. The van der Waals surface area contributed by atoms with Crippen molar-refractivity contribution in [2.24, 2.45) is 0 Å². The summed E-state index contributed by atoms with van der Waals surface area (Å²) < 4.78 is 52.3. The molecule has 2 aromatic rings. The lowest BCUT2D eigenvalue weighted by Gasteiger charge is -2.31. The molecule has 0 saturated carbocycles. The maximum Gasteiger partial charge on any atom is 0.244 e. The van der Waals surface area contributed by atoms with E-state index < -0.39 is 46.1 Å². The summed E-state index contributed by atoms with van der Waals surface area (Å²) in [6.45, 7) is 0.485. The fourth-order valence-corrected chi connectivity index (χ4v) is 4.26. The molecule has 2 amide bonds. The molecule has 174 valence electrons. The number of nitrogens with zero attached hydrogens (tertiary/aromatic N) is 2. The highest BCUT2D eigenvalue weighted by atomic mass is 35.5. The monoisotopic (exact) mass is 507 g/mol. The predicted molar refractivity (Wildman–Crippen MR) is 119 cm³/mol. The first-order chi connectivity index (χ1) is 14.9. The van der Waals surface area contributed by atoms with Gasteiger partial charge >= 0.3 is 0 Å². The minimum absolute atomic E-state index is 0.193. The molecule has 0 bridgehead atoms. The van der Waals surface area contributed by atoms with E-state index in [4.69, 9.17) is 23.2 Å². The predicted octanol–water partition coefficient (Wildman–Crippen LogP) is 3.20. The number of hydrogen-bond donors (Lipinski definition) is 1. The zero-order chi connectivity index (χ0) is 24.2. The first kappa shape index (κ1) is 25.8. The minimum atomic E-state index is -4.07. The first-order valence-electron chi connectivity index (χ1n) is 9.23. The van der Waals surface area contributed by atoms with Gasteiger partial charge in [-0.25, -0.2) is 17.2 Å². The Morgan fingerprint density at radius 1 is 1.09 bits per heavy atom. The van der Waals surface area contributed by atoms with Crippen LogP contribution in [0, 0.1) is 11.6 Å². The van der Waals surface area contributed by atoms with E-state index in [0.717, 1.165) is 23.3 Å². The Balaban J connectivity index is 2.46. The second-order valence-corrected chi connectivity index (χ2v) is 9.60. The molecule has 0 unspecified atom stereocenters. The summed E-state index contributed by atoms with van der Waals surface area (Å²) in [5.74, 6) is -3.74. The molecule has 1 N–H and O–H groups in total. The smallest absolute Gasteiger partial charge is 0.244 e. The van der Waals surface area contributed by atoms with Crippen molar-refractivity contribution in [2.45, 2.75) is 19.5 Å². The molecule has 0 saturated heterocycles. The Morgan fingerprint density at radius 3 is 2.19 bits per heavy atom. The van der Waals surface area contributed by atoms with Crippen LogP contribution in [-0.2, 0) is 26.2 Å². The molecule has 0 fully saturated rings. The zero-order valence-electron chi connectivity index (χ0n) is 17.4. The summed E-state index contributed by atoms with van der Waals surface area (Å²) in [7, 11) is -2.69. The van der Waals surface area contributed by atoms with Gasteiger partial charge in [-0.3, -0.25) is 13.9 Å². The van der Waals surface area contributed by atoms with Gasteiger partial charge in [0, 0.05) is 35.3 Å². The lowest BCUT2D eigenvalue weighted by molar-refractivity contribution is -0.139. The molecule has 1 atom stereocenters. The summed E-state index contributed by atoms with van der Waals surface area (Å²) in [4.78, 5) is 26.6. The SMILES string of the molecule is CNC(=O)[C@H](C)N(Cc1c(Cl)cccc1Cl)C(=O)CN(c1ccc(F)c(F)c1)S(C)(=O)=O. The van der Waals surface area contributed by atoms with Gasteiger partial charge in [-0.2, -0.15) is 0 Å². The average Bonchev–Trinajstić information content (AvgIpc) is 2.72. The molecular formula is C20H21Cl2F2N3O4S.